The maximum Gasteiger partial charge on any atom is 0.344 e. The summed E-state index contributed by atoms with van der Waals surface area (Å²) in [5, 5.41) is 4.43. The highest BCUT2D eigenvalue weighted by Gasteiger charge is 2.33. The van der Waals surface area contributed by atoms with E-state index in [0.29, 0.717) is 43.9 Å². The normalized spacial score (nSPS) is 11.9. The van der Waals surface area contributed by atoms with Gasteiger partial charge in [-0.1, -0.05) is 35.9 Å². The Labute approximate surface area is 194 Å². The topological polar surface area (TPSA) is 88.3 Å². The molecule has 6 nitrogen and oxygen atoms in total. The number of carbonyl (C=O) groups is 2. The molecule has 4 aromatic rings. The molecule has 0 amide bonds. The molecule has 1 aliphatic rings. The van der Waals surface area contributed by atoms with Gasteiger partial charge >= 0.3 is 5.97 Å². The number of carbonyl (C=O) groups excluding carboxylic acids is 2. The summed E-state index contributed by atoms with van der Waals surface area (Å²) in [5.41, 5.74) is 3.71. The Morgan fingerprint density at radius 2 is 1.73 bits per heavy atom. The SMILES string of the molecule is CCOC(=O)c1c2c3c(c(Nc4ccc(Cl)cc4)cc(C)c3[nH]c1=O)C(=O)c1ccccc1-2. The number of halogens is 1. The Hall–Kier alpha value is -3.90. The first-order valence-electron chi connectivity index (χ1n) is 10.5. The highest BCUT2D eigenvalue weighted by Crippen LogP contribution is 2.44. The van der Waals surface area contributed by atoms with E-state index < -0.39 is 11.5 Å². The van der Waals surface area contributed by atoms with Gasteiger partial charge < -0.3 is 15.0 Å². The first kappa shape index (κ1) is 21.0. The van der Waals surface area contributed by atoms with E-state index in [4.69, 9.17) is 16.3 Å². The quantitative estimate of drug-likeness (QED) is 0.341. The van der Waals surface area contributed by atoms with Crippen LogP contribution in [0.25, 0.3) is 22.0 Å². The third-order valence-electron chi connectivity index (χ3n) is 5.76. The molecule has 0 unspecified atom stereocenters. The number of anilines is 2. The number of nitrogens with one attached hydrogen (secondary N) is 2. The maximum atomic E-state index is 13.7. The Bertz CT molecular complexity index is 1520. The number of hydrogen-bond acceptors (Lipinski definition) is 5. The number of rotatable bonds is 4. The highest BCUT2D eigenvalue weighted by molar-refractivity contribution is 6.31. The highest BCUT2D eigenvalue weighted by atomic mass is 35.5. The molecule has 0 radical (unpaired) electrons. The number of fused-ring (bicyclic) bond motifs is 2. The van der Waals surface area contributed by atoms with Gasteiger partial charge in [0.25, 0.3) is 5.56 Å². The Kier molecular flexibility index (Phi) is 5.02. The van der Waals surface area contributed by atoms with Crippen molar-refractivity contribution in [2.24, 2.45) is 0 Å². The number of aromatic amines is 1. The van der Waals surface area contributed by atoms with Crippen LogP contribution in [0, 0.1) is 6.92 Å². The number of ketones is 1. The number of esters is 1. The van der Waals surface area contributed by atoms with Crippen LogP contribution in [0.1, 0.15) is 38.8 Å². The van der Waals surface area contributed by atoms with Crippen molar-refractivity contribution in [3.63, 3.8) is 0 Å². The van der Waals surface area contributed by atoms with Crippen LogP contribution in [0.2, 0.25) is 5.02 Å². The molecule has 33 heavy (non-hydrogen) atoms. The molecule has 5 rings (SSSR count). The fraction of sp³-hybridized carbons (Fsp3) is 0.115. The summed E-state index contributed by atoms with van der Waals surface area (Å²) in [6, 6.07) is 15.9. The summed E-state index contributed by atoms with van der Waals surface area (Å²) < 4.78 is 5.20. The van der Waals surface area contributed by atoms with Crippen LogP contribution in [-0.4, -0.2) is 23.3 Å². The largest absolute Gasteiger partial charge is 0.462 e. The van der Waals surface area contributed by atoms with Crippen molar-refractivity contribution in [1.82, 2.24) is 4.98 Å². The smallest absolute Gasteiger partial charge is 0.344 e. The molecule has 1 aromatic heterocycles. The van der Waals surface area contributed by atoms with Crippen LogP contribution in [0.3, 0.4) is 0 Å². The first-order valence-corrected chi connectivity index (χ1v) is 10.9. The van der Waals surface area contributed by atoms with Crippen molar-refractivity contribution in [3.05, 3.63) is 92.2 Å². The molecule has 7 heteroatoms. The molecule has 1 heterocycles. The second-order valence-corrected chi connectivity index (χ2v) is 8.23. The number of aromatic nitrogens is 1. The van der Waals surface area contributed by atoms with E-state index in [1.54, 1.807) is 43.3 Å². The number of H-pyrrole nitrogens is 1. The first-order chi connectivity index (χ1) is 15.9. The molecule has 2 N–H and O–H groups in total. The minimum absolute atomic E-state index is 0.103. The molecule has 0 spiro atoms. The van der Waals surface area contributed by atoms with Crippen LogP contribution in [-0.2, 0) is 4.74 Å². The average molecular weight is 459 g/mol. The van der Waals surface area contributed by atoms with E-state index in [2.05, 4.69) is 10.3 Å². The van der Waals surface area contributed by atoms with Gasteiger partial charge in [-0.05, 0) is 55.3 Å². The zero-order valence-electron chi connectivity index (χ0n) is 17.9. The zero-order chi connectivity index (χ0) is 23.3. The standard InChI is InChI=1S/C26H19ClN2O4/c1-3-33-26(32)22-19-16-6-4-5-7-17(16)24(30)20-18(28-15-10-8-14(27)9-11-15)12-13(2)23(21(19)20)29-25(22)31/h4-12,28H,3H2,1-2H3,(H,29,31). The molecule has 0 saturated carbocycles. The van der Waals surface area contributed by atoms with Crippen molar-refractivity contribution in [3.8, 4) is 11.1 Å². The molecule has 0 fully saturated rings. The number of benzene rings is 3. The van der Waals surface area contributed by atoms with Crippen LogP contribution < -0.4 is 10.9 Å². The van der Waals surface area contributed by atoms with Gasteiger partial charge in [0.1, 0.15) is 5.56 Å². The summed E-state index contributed by atoms with van der Waals surface area (Å²) in [6.07, 6.45) is 0. The van der Waals surface area contributed by atoms with E-state index in [-0.39, 0.29) is 18.0 Å². The summed E-state index contributed by atoms with van der Waals surface area (Å²) in [7, 11) is 0. The maximum absolute atomic E-state index is 13.7. The minimum Gasteiger partial charge on any atom is -0.462 e. The molecule has 0 bridgehead atoms. The van der Waals surface area contributed by atoms with E-state index in [1.807, 2.05) is 25.1 Å². The van der Waals surface area contributed by atoms with Crippen molar-refractivity contribution < 1.29 is 14.3 Å². The van der Waals surface area contributed by atoms with Crippen LogP contribution in [0.5, 0.6) is 0 Å². The molecule has 0 aliphatic heterocycles. The summed E-state index contributed by atoms with van der Waals surface area (Å²) in [6.45, 7) is 3.65. The van der Waals surface area contributed by atoms with Crippen molar-refractivity contribution in [1.29, 1.82) is 0 Å². The summed E-state index contributed by atoms with van der Waals surface area (Å²) >= 11 is 6.01. The molecule has 0 atom stereocenters. The van der Waals surface area contributed by atoms with Gasteiger partial charge in [-0.15, -0.1) is 0 Å². The number of hydrogen-bond donors (Lipinski definition) is 2. The predicted molar refractivity (Wildman–Crippen MR) is 129 cm³/mol. The lowest BCUT2D eigenvalue weighted by Gasteiger charge is -2.25. The molecular weight excluding hydrogens is 440 g/mol. The van der Waals surface area contributed by atoms with Crippen LogP contribution in [0.4, 0.5) is 11.4 Å². The fourth-order valence-corrected chi connectivity index (χ4v) is 4.49. The lowest BCUT2D eigenvalue weighted by Crippen LogP contribution is -2.25. The van der Waals surface area contributed by atoms with Crippen molar-refractivity contribution in [2.45, 2.75) is 13.8 Å². The minimum atomic E-state index is -0.723. The lowest BCUT2D eigenvalue weighted by molar-refractivity contribution is 0.0525. The van der Waals surface area contributed by atoms with E-state index in [1.165, 1.54) is 0 Å². The van der Waals surface area contributed by atoms with Crippen LogP contribution >= 0.6 is 11.6 Å². The Morgan fingerprint density at radius 3 is 2.42 bits per heavy atom. The zero-order valence-corrected chi connectivity index (χ0v) is 18.7. The molecule has 164 valence electrons. The third kappa shape index (κ3) is 3.31. The average Bonchev–Trinajstić information content (AvgIpc) is 2.80. The van der Waals surface area contributed by atoms with Gasteiger partial charge in [-0.3, -0.25) is 9.59 Å². The van der Waals surface area contributed by atoms with Gasteiger partial charge in [0.05, 0.1) is 23.4 Å². The van der Waals surface area contributed by atoms with E-state index in [9.17, 15) is 14.4 Å². The number of aryl methyl sites for hydroxylation is 1. The van der Waals surface area contributed by atoms with Gasteiger partial charge in [0, 0.05) is 27.2 Å². The number of ether oxygens (including phenoxy) is 1. The monoisotopic (exact) mass is 458 g/mol. The Morgan fingerprint density at radius 1 is 1.03 bits per heavy atom. The van der Waals surface area contributed by atoms with Crippen LogP contribution in [0.15, 0.2) is 59.4 Å². The Balaban J connectivity index is 1.90. The predicted octanol–water partition coefficient (Wildman–Crippen LogP) is 5.62. The third-order valence-corrected chi connectivity index (χ3v) is 6.01. The number of pyridine rings is 1. The van der Waals surface area contributed by atoms with Gasteiger partial charge in [0.2, 0.25) is 0 Å². The molecule has 1 aliphatic carbocycles. The second kappa shape index (κ2) is 7.90. The van der Waals surface area contributed by atoms with Gasteiger partial charge in [0.15, 0.2) is 5.78 Å². The van der Waals surface area contributed by atoms with E-state index in [0.717, 1.165) is 11.3 Å². The van der Waals surface area contributed by atoms with Crippen molar-refractivity contribution in [2.75, 3.05) is 11.9 Å². The van der Waals surface area contributed by atoms with E-state index >= 15 is 0 Å². The van der Waals surface area contributed by atoms with Crippen molar-refractivity contribution >= 4 is 45.6 Å². The molecule has 3 aromatic carbocycles. The summed E-state index contributed by atoms with van der Waals surface area (Å²) in [4.78, 5) is 42.4. The van der Waals surface area contributed by atoms with Gasteiger partial charge in [-0.25, -0.2) is 4.79 Å². The molecule has 0 saturated heterocycles. The summed E-state index contributed by atoms with van der Waals surface area (Å²) in [5.74, 6) is -0.916. The molecular formula is C26H19ClN2O4. The second-order valence-electron chi connectivity index (χ2n) is 7.80. The fourth-order valence-electron chi connectivity index (χ4n) is 4.37. The van der Waals surface area contributed by atoms with Gasteiger partial charge in [-0.2, -0.15) is 0 Å². The lowest BCUT2D eigenvalue weighted by atomic mass is 9.80.